The summed E-state index contributed by atoms with van der Waals surface area (Å²) < 4.78 is 5.00. The molecular formula is C12H20N2O2S. The second-order valence-corrected chi connectivity index (χ2v) is 5.76. The number of ether oxygens (including phenoxy) is 1. The predicted molar refractivity (Wildman–Crippen MR) is 70.7 cm³/mol. The molecule has 17 heavy (non-hydrogen) atoms. The first-order chi connectivity index (χ1) is 7.93. The fraction of sp³-hybridized carbons (Fsp3) is 0.667. The standard InChI is InChI=1S/C12H20N2O2S/c1-5-6-7-16-11(15)14-10-13-9(8-17-10)12(2,3)4/h8H,5-7H2,1-4H3,(H,13,14,15). The van der Waals surface area contributed by atoms with Crippen LogP contribution in [0.4, 0.5) is 9.93 Å². The Morgan fingerprint density at radius 2 is 2.24 bits per heavy atom. The zero-order chi connectivity index (χ0) is 12.9. The van der Waals surface area contributed by atoms with Gasteiger partial charge in [-0.3, -0.25) is 5.32 Å². The van der Waals surface area contributed by atoms with E-state index < -0.39 is 6.09 Å². The van der Waals surface area contributed by atoms with Gasteiger partial charge in [0, 0.05) is 10.8 Å². The summed E-state index contributed by atoms with van der Waals surface area (Å²) in [4.78, 5) is 15.7. The van der Waals surface area contributed by atoms with Crippen LogP contribution in [0.3, 0.4) is 0 Å². The quantitative estimate of drug-likeness (QED) is 0.834. The number of hydrogen-bond acceptors (Lipinski definition) is 4. The van der Waals surface area contributed by atoms with E-state index in [9.17, 15) is 4.79 Å². The van der Waals surface area contributed by atoms with Crippen LogP contribution in [0.1, 0.15) is 46.2 Å². The summed E-state index contributed by atoms with van der Waals surface area (Å²) in [6.45, 7) is 8.78. The Morgan fingerprint density at radius 1 is 1.53 bits per heavy atom. The number of aromatic nitrogens is 1. The van der Waals surface area contributed by atoms with Gasteiger partial charge in [-0.05, 0) is 6.42 Å². The molecule has 4 nitrogen and oxygen atoms in total. The van der Waals surface area contributed by atoms with Gasteiger partial charge < -0.3 is 4.74 Å². The molecule has 0 atom stereocenters. The zero-order valence-electron chi connectivity index (χ0n) is 10.9. The van der Waals surface area contributed by atoms with Crippen molar-refractivity contribution >= 4 is 22.6 Å². The first kappa shape index (κ1) is 14.0. The van der Waals surface area contributed by atoms with Crippen molar-refractivity contribution in [1.29, 1.82) is 0 Å². The van der Waals surface area contributed by atoms with E-state index in [1.54, 1.807) is 0 Å². The summed E-state index contributed by atoms with van der Waals surface area (Å²) in [6.07, 6.45) is 1.48. The second kappa shape index (κ2) is 6.00. The highest BCUT2D eigenvalue weighted by molar-refractivity contribution is 7.13. The van der Waals surface area contributed by atoms with Crippen LogP contribution < -0.4 is 5.32 Å². The minimum atomic E-state index is -0.423. The van der Waals surface area contributed by atoms with E-state index in [4.69, 9.17) is 4.74 Å². The average molecular weight is 256 g/mol. The second-order valence-electron chi connectivity index (χ2n) is 4.90. The number of nitrogens with one attached hydrogen (secondary N) is 1. The van der Waals surface area contributed by atoms with Gasteiger partial charge in [-0.25, -0.2) is 9.78 Å². The highest BCUT2D eigenvalue weighted by Gasteiger charge is 2.18. The number of hydrogen-bond donors (Lipinski definition) is 1. The van der Waals surface area contributed by atoms with E-state index in [1.807, 2.05) is 5.38 Å². The fourth-order valence-corrected chi connectivity index (χ4v) is 2.03. The predicted octanol–water partition coefficient (Wildman–Crippen LogP) is 3.79. The molecule has 1 N–H and O–H groups in total. The molecule has 0 unspecified atom stereocenters. The van der Waals surface area contributed by atoms with Gasteiger partial charge in [0.2, 0.25) is 0 Å². The van der Waals surface area contributed by atoms with Crippen LogP contribution in [0.15, 0.2) is 5.38 Å². The maximum atomic E-state index is 11.4. The Labute approximate surface area is 106 Å². The van der Waals surface area contributed by atoms with Crippen LogP contribution in [-0.2, 0) is 10.2 Å². The third kappa shape index (κ3) is 4.73. The highest BCUT2D eigenvalue weighted by Crippen LogP contribution is 2.26. The molecule has 0 saturated carbocycles. The lowest BCUT2D eigenvalue weighted by Crippen LogP contribution is -2.15. The van der Waals surface area contributed by atoms with Crippen molar-refractivity contribution in [3.63, 3.8) is 0 Å². The molecular weight excluding hydrogens is 236 g/mol. The Morgan fingerprint density at radius 3 is 2.76 bits per heavy atom. The minimum absolute atomic E-state index is 0.00253. The van der Waals surface area contributed by atoms with E-state index in [0.717, 1.165) is 18.5 Å². The monoisotopic (exact) mass is 256 g/mol. The van der Waals surface area contributed by atoms with Crippen molar-refractivity contribution in [3.05, 3.63) is 11.1 Å². The topological polar surface area (TPSA) is 51.2 Å². The molecule has 0 aromatic carbocycles. The SMILES string of the molecule is CCCCOC(=O)Nc1nc(C(C)(C)C)cs1. The third-order valence-electron chi connectivity index (χ3n) is 2.21. The molecule has 0 fully saturated rings. The fourth-order valence-electron chi connectivity index (χ4n) is 1.11. The average Bonchev–Trinajstić information content (AvgIpc) is 2.66. The summed E-state index contributed by atoms with van der Waals surface area (Å²) >= 11 is 1.42. The summed E-state index contributed by atoms with van der Waals surface area (Å²) in [6, 6.07) is 0. The third-order valence-corrected chi connectivity index (χ3v) is 2.97. The van der Waals surface area contributed by atoms with Gasteiger partial charge in [0.25, 0.3) is 0 Å². The van der Waals surface area contributed by atoms with Crippen LogP contribution >= 0.6 is 11.3 Å². The first-order valence-electron chi connectivity index (χ1n) is 5.83. The number of carbonyl (C=O) groups is 1. The van der Waals surface area contributed by atoms with E-state index in [2.05, 4.69) is 38.0 Å². The number of thiazole rings is 1. The molecule has 0 bridgehead atoms. The Balaban J connectivity index is 2.46. The van der Waals surface area contributed by atoms with E-state index in [-0.39, 0.29) is 5.41 Å². The lowest BCUT2D eigenvalue weighted by molar-refractivity contribution is 0.160. The lowest BCUT2D eigenvalue weighted by Gasteiger charge is -2.14. The normalized spacial score (nSPS) is 11.3. The number of anilines is 1. The molecule has 1 heterocycles. The van der Waals surface area contributed by atoms with E-state index in [0.29, 0.717) is 11.7 Å². The van der Waals surface area contributed by atoms with Crippen molar-refractivity contribution in [2.24, 2.45) is 0 Å². The molecule has 5 heteroatoms. The van der Waals surface area contributed by atoms with E-state index in [1.165, 1.54) is 11.3 Å². The Kier molecular flexibility index (Phi) is 4.93. The van der Waals surface area contributed by atoms with Gasteiger partial charge in [0.15, 0.2) is 5.13 Å². The summed E-state index contributed by atoms with van der Waals surface area (Å²) in [7, 11) is 0. The minimum Gasteiger partial charge on any atom is -0.449 e. The summed E-state index contributed by atoms with van der Waals surface area (Å²) in [5.74, 6) is 0. The number of unbranched alkanes of at least 4 members (excludes halogenated alkanes) is 1. The van der Waals surface area contributed by atoms with Crippen LogP contribution in [0.2, 0.25) is 0 Å². The van der Waals surface area contributed by atoms with E-state index >= 15 is 0 Å². The van der Waals surface area contributed by atoms with Crippen molar-refractivity contribution in [3.8, 4) is 0 Å². The molecule has 1 amide bonds. The molecule has 0 radical (unpaired) electrons. The largest absolute Gasteiger partial charge is 0.449 e. The molecule has 1 aromatic rings. The number of carbonyl (C=O) groups excluding carboxylic acids is 1. The molecule has 0 aliphatic carbocycles. The molecule has 0 aliphatic heterocycles. The van der Waals surface area contributed by atoms with Crippen LogP contribution in [0.5, 0.6) is 0 Å². The Hall–Kier alpha value is -1.10. The molecule has 0 aliphatic rings. The van der Waals surface area contributed by atoms with Gasteiger partial charge in [0.1, 0.15) is 0 Å². The van der Waals surface area contributed by atoms with Gasteiger partial charge in [-0.1, -0.05) is 34.1 Å². The zero-order valence-corrected chi connectivity index (χ0v) is 11.7. The summed E-state index contributed by atoms with van der Waals surface area (Å²) in [5, 5.41) is 5.19. The lowest BCUT2D eigenvalue weighted by atomic mass is 9.93. The van der Waals surface area contributed by atoms with Crippen molar-refractivity contribution < 1.29 is 9.53 Å². The summed E-state index contributed by atoms with van der Waals surface area (Å²) in [5.41, 5.74) is 0.981. The van der Waals surface area contributed by atoms with Crippen LogP contribution in [0, 0.1) is 0 Å². The first-order valence-corrected chi connectivity index (χ1v) is 6.71. The molecule has 0 saturated heterocycles. The maximum Gasteiger partial charge on any atom is 0.413 e. The number of amides is 1. The van der Waals surface area contributed by atoms with Crippen molar-refractivity contribution in [2.75, 3.05) is 11.9 Å². The van der Waals surface area contributed by atoms with Gasteiger partial charge in [0.05, 0.1) is 12.3 Å². The van der Waals surface area contributed by atoms with Gasteiger partial charge >= 0.3 is 6.09 Å². The smallest absolute Gasteiger partial charge is 0.413 e. The van der Waals surface area contributed by atoms with Crippen molar-refractivity contribution in [2.45, 2.75) is 46.0 Å². The molecule has 0 spiro atoms. The van der Waals surface area contributed by atoms with Gasteiger partial charge in [-0.2, -0.15) is 0 Å². The number of rotatable bonds is 4. The highest BCUT2D eigenvalue weighted by atomic mass is 32.1. The van der Waals surface area contributed by atoms with Crippen molar-refractivity contribution in [1.82, 2.24) is 4.98 Å². The number of nitrogens with zero attached hydrogens (tertiary/aromatic N) is 1. The van der Waals surface area contributed by atoms with Crippen LogP contribution in [-0.4, -0.2) is 17.7 Å². The maximum absolute atomic E-state index is 11.4. The van der Waals surface area contributed by atoms with Gasteiger partial charge in [-0.15, -0.1) is 11.3 Å². The molecule has 1 aromatic heterocycles. The molecule has 1 rings (SSSR count). The van der Waals surface area contributed by atoms with Crippen LogP contribution in [0.25, 0.3) is 0 Å². The Bertz CT molecular complexity index is 369. The molecule has 96 valence electrons.